The van der Waals surface area contributed by atoms with E-state index in [0.717, 1.165) is 48.6 Å². The third-order valence-corrected chi connectivity index (χ3v) is 6.56. The molecular formula is C27H29N5O4. The number of carbonyl (C=O) groups excluding carboxylic acids is 2. The number of hydrogen-bond acceptors (Lipinski definition) is 7. The summed E-state index contributed by atoms with van der Waals surface area (Å²) in [5.74, 6) is 2.04. The number of anilines is 1. The van der Waals surface area contributed by atoms with E-state index in [9.17, 15) is 9.59 Å². The minimum absolute atomic E-state index is 0.00645. The van der Waals surface area contributed by atoms with Crippen molar-refractivity contribution in [1.29, 1.82) is 0 Å². The largest absolute Gasteiger partial charge is 0.497 e. The first-order valence-corrected chi connectivity index (χ1v) is 12.2. The van der Waals surface area contributed by atoms with E-state index in [0.29, 0.717) is 37.8 Å². The van der Waals surface area contributed by atoms with Crippen LogP contribution in [-0.4, -0.2) is 71.6 Å². The van der Waals surface area contributed by atoms with Gasteiger partial charge in [-0.05, 0) is 54.5 Å². The molecule has 1 aromatic heterocycles. The fraction of sp³-hybridized carbons (Fsp3) is 0.333. The number of hydrogen-bond donors (Lipinski definition) is 0. The fourth-order valence-electron chi connectivity index (χ4n) is 4.45. The molecule has 2 aliphatic heterocycles. The zero-order valence-electron chi connectivity index (χ0n) is 20.3. The van der Waals surface area contributed by atoms with E-state index >= 15 is 0 Å². The summed E-state index contributed by atoms with van der Waals surface area (Å²) in [6, 6.07) is 15.3. The Labute approximate surface area is 209 Å². The van der Waals surface area contributed by atoms with Crippen LogP contribution in [0.1, 0.15) is 24.3 Å². The fourth-order valence-corrected chi connectivity index (χ4v) is 4.45. The van der Waals surface area contributed by atoms with Crippen LogP contribution < -0.4 is 9.64 Å². The van der Waals surface area contributed by atoms with Crippen LogP contribution in [0.25, 0.3) is 17.5 Å². The van der Waals surface area contributed by atoms with Gasteiger partial charge >= 0.3 is 0 Å². The summed E-state index contributed by atoms with van der Waals surface area (Å²) >= 11 is 0. The average Bonchev–Trinajstić information content (AvgIpc) is 3.57. The third-order valence-electron chi connectivity index (χ3n) is 6.56. The van der Waals surface area contributed by atoms with Gasteiger partial charge in [-0.15, -0.1) is 0 Å². The van der Waals surface area contributed by atoms with Crippen molar-refractivity contribution in [1.82, 2.24) is 19.9 Å². The summed E-state index contributed by atoms with van der Waals surface area (Å²) in [6.07, 6.45) is 4.96. The Kier molecular flexibility index (Phi) is 7.08. The summed E-state index contributed by atoms with van der Waals surface area (Å²) in [6.45, 7) is 4.07. The predicted molar refractivity (Wildman–Crippen MR) is 135 cm³/mol. The Morgan fingerprint density at radius 2 is 1.78 bits per heavy atom. The van der Waals surface area contributed by atoms with Crippen LogP contribution in [0.3, 0.4) is 0 Å². The highest BCUT2D eigenvalue weighted by Crippen LogP contribution is 2.22. The van der Waals surface area contributed by atoms with Gasteiger partial charge in [0.2, 0.25) is 23.5 Å². The number of benzene rings is 2. The van der Waals surface area contributed by atoms with E-state index in [2.05, 4.69) is 15.0 Å². The second-order valence-corrected chi connectivity index (χ2v) is 8.92. The first-order chi connectivity index (χ1) is 17.6. The highest BCUT2D eigenvalue weighted by atomic mass is 16.5. The predicted octanol–water partition coefficient (Wildman–Crippen LogP) is 3.23. The lowest BCUT2D eigenvalue weighted by atomic mass is 10.1. The maximum Gasteiger partial charge on any atom is 0.246 e. The van der Waals surface area contributed by atoms with Gasteiger partial charge in [-0.1, -0.05) is 17.3 Å². The van der Waals surface area contributed by atoms with Crippen LogP contribution in [0.5, 0.6) is 5.75 Å². The van der Waals surface area contributed by atoms with Crippen LogP contribution in [0, 0.1) is 0 Å². The molecule has 2 amide bonds. The summed E-state index contributed by atoms with van der Waals surface area (Å²) in [5, 5.41) is 4.09. The molecule has 2 saturated heterocycles. The lowest BCUT2D eigenvalue weighted by Crippen LogP contribution is -2.47. The molecule has 0 bridgehead atoms. The second-order valence-electron chi connectivity index (χ2n) is 8.92. The van der Waals surface area contributed by atoms with Crippen LogP contribution in [-0.2, 0) is 16.1 Å². The molecule has 0 unspecified atom stereocenters. The average molecular weight is 488 g/mol. The molecular weight excluding hydrogens is 458 g/mol. The Hall–Kier alpha value is -3.98. The summed E-state index contributed by atoms with van der Waals surface area (Å²) < 4.78 is 10.6. The topological polar surface area (TPSA) is 92.0 Å². The quantitative estimate of drug-likeness (QED) is 0.473. The van der Waals surface area contributed by atoms with Crippen molar-refractivity contribution in [3.8, 4) is 17.1 Å². The molecule has 0 spiro atoms. The van der Waals surface area contributed by atoms with Crippen molar-refractivity contribution >= 4 is 23.6 Å². The number of amides is 2. The monoisotopic (exact) mass is 487 g/mol. The zero-order chi connectivity index (χ0) is 24.9. The molecule has 3 aromatic rings. The van der Waals surface area contributed by atoms with Crippen LogP contribution in [0.2, 0.25) is 0 Å². The van der Waals surface area contributed by atoms with Crippen LogP contribution in [0.4, 0.5) is 5.69 Å². The minimum Gasteiger partial charge on any atom is -0.497 e. The highest BCUT2D eigenvalue weighted by Gasteiger charge is 2.22. The Bertz CT molecular complexity index is 1230. The first-order valence-electron chi connectivity index (χ1n) is 12.2. The van der Waals surface area contributed by atoms with Gasteiger partial charge in [0.05, 0.1) is 13.7 Å². The van der Waals surface area contributed by atoms with E-state index in [1.54, 1.807) is 13.2 Å². The van der Waals surface area contributed by atoms with E-state index < -0.39 is 0 Å². The Morgan fingerprint density at radius 3 is 2.44 bits per heavy atom. The molecule has 186 valence electrons. The maximum atomic E-state index is 12.7. The molecule has 36 heavy (non-hydrogen) atoms. The van der Waals surface area contributed by atoms with Crippen molar-refractivity contribution in [2.24, 2.45) is 0 Å². The minimum atomic E-state index is -0.00645. The Balaban J connectivity index is 1.10. The molecule has 0 radical (unpaired) electrons. The number of ether oxygens (including phenoxy) is 1. The molecule has 0 N–H and O–H groups in total. The maximum absolute atomic E-state index is 12.7. The van der Waals surface area contributed by atoms with Crippen molar-refractivity contribution in [2.75, 3.05) is 44.7 Å². The number of methoxy groups -OCH3 is 1. The van der Waals surface area contributed by atoms with Gasteiger partial charge in [-0.25, -0.2) is 0 Å². The van der Waals surface area contributed by atoms with Gasteiger partial charge in [0.25, 0.3) is 0 Å². The van der Waals surface area contributed by atoms with Gasteiger partial charge in [0.15, 0.2) is 0 Å². The molecule has 5 rings (SSSR count). The Morgan fingerprint density at radius 1 is 1.03 bits per heavy atom. The van der Waals surface area contributed by atoms with Gasteiger partial charge in [0.1, 0.15) is 5.75 Å². The number of carbonyl (C=O) groups is 2. The van der Waals surface area contributed by atoms with Gasteiger partial charge in [0, 0.05) is 56.5 Å². The second kappa shape index (κ2) is 10.7. The summed E-state index contributed by atoms with van der Waals surface area (Å²) in [7, 11) is 1.63. The molecule has 9 nitrogen and oxygen atoms in total. The molecule has 2 fully saturated rings. The highest BCUT2D eigenvalue weighted by molar-refractivity contribution is 5.95. The normalized spacial score (nSPS) is 16.8. The zero-order valence-corrected chi connectivity index (χ0v) is 20.3. The van der Waals surface area contributed by atoms with Crippen LogP contribution >= 0.6 is 0 Å². The molecule has 2 aromatic carbocycles. The van der Waals surface area contributed by atoms with E-state index in [4.69, 9.17) is 9.26 Å². The van der Waals surface area contributed by atoms with Crippen molar-refractivity contribution in [3.05, 3.63) is 66.1 Å². The van der Waals surface area contributed by atoms with E-state index in [1.807, 2.05) is 64.4 Å². The van der Waals surface area contributed by atoms with Crippen molar-refractivity contribution in [3.63, 3.8) is 0 Å². The molecule has 3 heterocycles. The number of rotatable bonds is 7. The molecule has 0 aliphatic carbocycles. The molecule has 0 saturated carbocycles. The molecule has 2 aliphatic rings. The number of aromatic nitrogens is 2. The van der Waals surface area contributed by atoms with E-state index in [-0.39, 0.29) is 11.8 Å². The van der Waals surface area contributed by atoms with Crippen LogP contribution in [0.15, 0.2) is 59.1 Å². The SMILES string of the molecule is COc1ccc(-c2noc(CN3CCN(C(=O)/C=C/c4ccc(N5CCCC5=O)cc4)CC3)n2)cc1. The first kappa shape index (κ1) is 23.7. The lowest BCUT2D eigenvalue weighted by molar-refractivity contribution is -0.127. The number of piperazine rings is 1. The van der Waals surface area contributed by atoms with Gasteiger partial charge < -0.3 is 19.1 Å². The van der Waals surface area contributed by atoms with Crippen molar-refractivity contribution in [2.45, 2.75) is 19.4 Å². The summed E-state index contributed by atoms with van der Waals surface area (Å²) in [4.78, 5) is 35.0. The molecule has 9 heteroatoms. The van der Waals surface area contributed by atoms with E-state index in [1.165, 1.54) is 0 Å². The third kappa shape index (κ3) is 5.46. The van der Waals surface area contributed by atoms with Crippen molar-refractivity contribution < 1.29 is 18.8 Å². The van der Waals surface area contributed by atoms with Gasteiger partial charge in [-0.2, -0.15) is 4.98 Å². The smallest absolute Gasteiger partial charge is 0.246 e. The summed E-state index contributed by atoms with van der Waals surface area (Å²) in [5.41, 5.74) is 2.71. The van der Waals surface area contributed by atoms with Gasteiger partial charge in [-0.3, -0.25) is 14.5 Å². The molecule has 0 atom stereocenters. The standard InChI is InChI=1S/C27H29N5O4/c1-35-23-11-7-21(8-12-23)27-28-24(36-29-27)19-30-15-17-31(18-16-30)25(33)13-6-20-4-9-22(10-5-20)32-14-2-3-26(32)34/h4-13H,2-3,14-19H2,1H3/b13-6+. The number of nitrogens with zero attached hydrogens (tertiary/aromatic N) is 5. The lowest BCUT2D eigenvalue weighted by Gasteiger charge is -2.33.